The molecule has 1 saturated heterocycles. The summed E-state index contributed by atoms with van der Waals surface area (Å²) in [5, 5.41) is 0.762. The number of ether oxygens (including phenoxy) is 1. The third kappa shape index (κ3) is 2.82. The molecule has 0 aromatic heterocycles. The average Bonchev–Trinajstić information content (AvgIpc) is 2.38. The Kier molecular flexibility index (Phi) is 5.57. The highest BCUT2D eigenvalue weighted by Crippen LogP contribution is 2.97. The first-order valence-corrected chi connectivity index (χ1v) is 13.8. The Morgan fingerprint density at radius 1 is 1.25 bits per heavy atom. The van der Waals surface area contributed by atoms with E-state index in [1.165, 1.54) is 7.11 Å². The summed E-state index contributed by atoms with van der Waals surface area (Å²) in [6, 6.07) is 6.92. The SMILES string of the molecule is COc1ccc(P2P(P(=O)=O)CC2(SS)P(=O)=O)cc1. The molecule has 3 atom stereocenters. The second-order valence-corrected chi connectivity index (χ2v) is 17.0. The van der Waals surface area contributed by atoms with E-state index in [2.05, 4.69) is 11.7 Å². The topological polar surface area (TPSA) is 77.5 Å². The molecular weight excluding hydrogens is 376 g/mol. The van der Waals surface area contributed by atoms with Crippen LogP contribution in [-0.2, 0) is 18.3 Å². The lowest BCUT2D eigenvalue weighted by Crippen LogP contribution is -2.31. The quantitative estimate of drug-likeness (QED) is 0.449. The Labute approximate surface area is 128 Å². The van der Waals surface area contributed by atoms with E-state index in [1.807, 2.05) is 0 Å². The van der Waals surface area contributed by atoms with Gasteiger partial charge in [-0.2, -0.15) is 0 Å². The molecule has 108 valence electrons. The van der Waals surface area contributed by atoms with Crippen LogP contribution in [0.25, 0.3) is 0 Å². The van der Waals surface area contributed by atoms with Crippen LogP contribution in [0.3, 0.4) is 0 Å². The molecule has 0 bridgehead atoms. The molecule has 0 aliphatic carbocycles. The van der Waals surface area contributed by atoms with Gasteiger partial charge in [-0.05, 0) is 25.0 Å². The van der Waals surface area contributed by atoms with E-state index in [0.29, 0.717) is 5.75 Å². The lowest BCUT2D eigenvalue weighted by atomic mass is 10.3. The van der Waals surface area contributed by atoms with Gasteiger partial charge in [-0.15, -0.1) is 11.7 Å². The van der Waals surface area contributed by atoms with Crippen LogP contribution < -0.4 is 10.0 Å². The summed E-state index contributed by atoms with van der Waals surface area (Å²) in [4.78, 5) is 0. The maximum Gasteiger partial charge on any atom is 0.340 e. The van der Waals surface area contributed by atoms with Crippen LogP contribution in [0.15, 0.2) is 24.3 Å². The third-order valence-electron chi connectivity index (χ3n) is 2.85. The van der Waals surface area contributed by atoms with E-state index in [-0.39, 0.29) is 6.16 Å². The fourth-order valence-electron chi connectivity index (χ4n) is 1.85. The second-order valence-electron chi connectivity index (χ2n) is 3.87. The van der Waals surface area contributed by atoms with Crippen LogP contribution in [0.2, 0.25) is 0 Å². The Morgan fingerprint density at radius 2 is 1.85 bits per heavy atom. The summed E-state index contributed by atoms with van der Waals surface area (Å²) in [6.07, 6.45) is 0.172. The minimum Gasteiger partial charge on any atom is -0.497 e. The minimum atomic E-state index is -2.75. The lowest BCUT2D eigenvalue weighted by Gasteiger charge is -2.45. The molecule has 0 spiro atoms. The zero-order chi connectivity index (χ0) is 14.9. The lowest BCUT2D eigenvalue weighted by molar-refractivity contribution is 0.415. The van der Waals surface area contributed by atoms with Crippen molar-refractivity contribution < 1.29 is 23.0 Å². The maximum absolute atomic E-state index is 11.6. The Balaban J connectivity index is 2.45. The highest BCUT2D eigenvalue weighted by Gasteiger charge is 2.62. The van der Waals surface area contributed by atoms with E-state index in [1.54, 1.807) is 24.3 Å². The van der Waals surface area contributed by atoms with Gasteiger partial charge in [-0.25, -0.2) is 18.3 Å². The van der Waals surface area contributed by atoms with Crippen molar-refractivity contribution in [2.45, 2.75) is 4.23 Å². The summed E-state index contributed by atoms with van der Waals surface area (Å²) in [7, 11) is -5.47. The van der Waals surface area contributed by atoms with Crippen LogP contribution in [0.5, 0.6) is 5.75 Å². The Hall–Kier alpha value is 0.380. The molecule has 11 heteroatoms. The molecule has 1 aromatic carbocycles. The van der Waals surface area contributed by atoms with Gasteiger partial charge in [0.05, 0.1) is 14.4 Å². The largest absolute Gasteiger partial charge is 0.497 e. The van der Waals surface area contributed by atoms with E-state index < -0.39 is 34.2 Å². The van der Waals surface area contributed by atoms with Crippen molar-refractivity contribution in [3.05, 3.63) is 24.3 Å². The number of thiol groups is 1. The van der Waals surface area contributed by atoms with Crippen molar-refractivity contribution in [3.8, 4) is 5.75 Å². The number of benzene rings is 1. The predicted molar refractivity (Wildman–Crippen MR) is 87.2 cm³/mol. The van der Waals surface area contributed by atoms with Crippen molar-refractivity contribution in [1.29, 1.82) is 0 Å². The molecule has 1 fully saturated rings. The zero-order valence-corrected chi connectivity index (χ0v) is 15.5. The van der Waals surface area contributed by atoms with Gasteiger partial charge in [-0.1, -0.05) is 22.9 Å². The summed E-state index contributed by atoms with van der Waals surface area (Å²) in [6.45, 7) is 0. The normalized spacial score (nSPS) is 28.5. The van der Waals surface area contributed by atoms with Gasteiger partial charge in [0.1, 0.15) is 5.75 Å². The van der Waals surface area contributed by atoms with E-state index in [9.17, 15) is 18.3 Å². The van der Waals surface area contributed by atoms with Crippen molar-refractivity contribution >= 4 is 57.7 Å². The minimum absolute atomic E-state index is 0.172. The van der Waals surface area contributed by atoms with Gasteiger partial charge in [0.25, 0.3) is 0 Å². The zero-order valence-electron chi connectivity index (χ0n) is 10.2. The highest BCUT2D eigenvalue weighted by atomic mass is 33.1. The van der Waals surface area contributed by atoms with Gasteiger partial charge in [0.2, 0.25) is 0 Å². The van der Waals surface area contributed by atoms with Gasteiger partial charge < -0.3 is 4.74 Å². The summed E-state index contributed by atoms with van der Waals surface area (Å²) >= 11 is 4.07. The molecule has 0 amide bonds. The maximum atomic E-state index is 11.6. The van der Waals surface area contributed by atoms with Crippen LogP contribution in [0.4, 0.5) is 0 Å². The summed E-state index contributed by atoms with van der Waals surface area (Å²) < 4.78 is 49.8. The molecule has 1 aliphatic rings. The van der Waals surface area contributed by atoms with Gasteiger partial charge >= 0.3 is 15.0 Å². The molecule has 0 saturated carbocycles. The first-order valence-electron chi connectivity index (χ1n) is 5.29. The molecule has 1 heterocycles. The first-order chi connectivity index (χ1) is 9.46. The van der Waals surface area contributed by atoms with Crippen LogP contribution in [0, 0.1) is 0 Å². The van der Waals surface area contributed by atoms with Crippen molar-refractivity contribution in [3.63, 3.8) is 0 Å². The second kappa shape index (κ2) is 6.65. The van der Waals surface area contributed by atoms with Crippen molar-refractivity contribution in [2.24, 2.45) is 0 Å². The number of methoxy groups -OCH3 is 1. The highest BCUT2D eigenvalue weighted by molar-refractivity contribution is 8.76. The first kappa shape index (κ1) is 16.7. The van der Waals surface area contributed by atoms with Crippen molar-refractivity contribution in [1.82, 2.24) is 0 Å². The average molecular weight is 386 g/mol. The molecule has 1 aliphatic heterocycles. The van der Waals surface area contributed by atoms with Crippen LogP contribution >= 0.6 is 52.4 Å². The van der Waals surface area contributed by atoms with Crippen LogP contribution in [-0.4, -0.2) is 17.5 Å². The predicted octanol–water partition coefficient (Wildman–Crippen LogP) is 4.71. The summed E-state index contributed by atoms with van der Waals surface area (Å²) in [5.41, 5.74) is 0. The summed E-state index contributed by atoms with van der Waals surface area (Å²) in [5.74, 6) is 0.649. The molecular formula is C9H10O5P4S2. The van der Waals surface area contributed by atoms with Crippen molar-refractivity contribution in [2.75, 3.05) is 13.3 Å². The molecule has 5 nitrogen and oxygen atoms in total. The third-order valence-corrected chi connectivity index (χ3v) is 21.2. The molecule has 2 rings (SSSR count). The smallest absolute Gasteiger partial charge is 0.340 e. The molecule has 1 aromatic rings. The van der Waals surface area contributed by atoms with Gasteiger partial charge in [-0.3, -0.25) is 0 Å². The monoisotopic (exact) mass is 386 g/mol. The fraction of sp³-hybridized carbons (Fsp3) is 0.333. The number of hydrogen-bond donors (Lipinski definition) is 1. The molecule has 20 heavy (non-hydrogen) atoms. The Morgan fingerprint density at radius 3 is 2.25 bits per heavy atom. The molecule has 0 N–H and O–H groups in total. The van der Waals surface area contributed by atoms with Gasteiger partial charge in [0, 0.05) is 6.16 Å². The molecule has 0 radical (unpaired) electrons. The van der Waals surface area contributed by atoms with Crippen LogP contribution in [0.1, 0.15) is 0 Å². The Bertz CT molecular complexity index is 628. The number of hydrogen-bond acceptors (Lipinski definition) is 7. The standard InChI is InChI=1S/C9H10O5P4S2/c1-14-7-2-4-8(5-3-7)16-9(20-19,17(10)11)6-15(16)18(12)13/h2-5,19H,6H2,1H3. The van der Waals surface area contributed by atoms with Gasteiger partial charge in [0.15, 0.2) is 4.23 Å². The number of rotatable bonds is 5. The van der Waals surface area contributed by atoms with E-state index >= 15 is 0 Å². The van der Waals surface area contributed by atoms with E-state index in [0.717, 1.165) is 16.1 Å². The molecule has 3 unspecified atom stereocenters. The van der Waals surface area contributed by atoms with E-state index in [4.69, 9.17) is 4.74 Å². The fourth-order valence-corrected chi connectivity index (χ4v) is 24.0.